The molecule has 0 atom stereocenters. The lowest BCUT2D eigenvalue weighted by molar-refractivity contribution is 0.0299. The number of carbonyl (C=O) groups is 2. The van der Waals surface area contributed by atoms with E-state index in [4.69, 9.17) is 14.2 Å². The van der Waals surface area contributed by atoms with Crippen molar-refractivity contribution in [1.29, 1.82) is 0 Å². The van der Waals surface area contributed by atoms with Crippen molar-refractivity contribution < 1.29 is 32.6 Å². The SMILES string of the molecule is CC(C)N1CCC(Oc2cc3[nH]c(C(=O)N4CCOCC4)cc3cc2F)CC1.CC1CCN(C(=O)c2cc3cc(F)c(OC4CCN(C(C)C)CC4)cc3[nH]2)CC1. The zero-order chi connectivity index (χ0) is 40.2. The molecule has 13 heteroatoms. The largest absolute Gasteiger partial charge is 0.487 e. The van der Waals surface area contributed by atoms with Crippen LogP contribution in [0.25, 0.3) is 21.8 Å². The molecule has 2 amide bonds. The summed E-state index contributed by atoms with van der Waals surface area (Å²) in [5.41, 5.74) is 2.46. The van der Waals surface area contributed by atoms with E-state index in [1.54, 1.807) is 29.2 Å². The molecule has 0 bridgehead atoms. The van der Waals surface area contributed by atoms with Gasteiger partial charge >= 0.3 is 0 Å². The molecule has 4 saturated heterocycles. The Balaban J connectivity index is 0.000000174. The highest BCUT2D eigenvalue weighted by Crippen LogP contribution is 2.31. The second kappa shape index (κ2) is 18.2. The van der Waals surface area contributed by atoms with Crippen LogP contribution in [-0.2, 0) is 4.74 Å². The van der Waals surface area contributed by atoms with E-state index in [1.807, 2.05) is 4.90 Å². The standard InChI is InChI=1S/C23H32FN3O2.C21H28FN3O3/c1-15(2)26-10-6-18(7-11-26)29-22-14-20-17(12-19(22)24)13-21(25-20)23(28)27-8-4-16(3)5-9-27;1-14(2)24-5-3-16(4-6-24)28-20-13-18-15(11-17(20)22)12-19(23-18)21(26)25-7-9-27-10-8-25/h12-16,18,25H,4-11H2,1-3H3;11-14,16,23H,3-10H2,1-2H3. The number of nitrogens with zero attached hydrogens (tertiary/aromatic N) is 4. The lowest BCUT2D eigenvalue weighted by atomic mass is 9.99. The maximum absolute atomic E-state index is 14.6. The van der Waals surface area contributed by atoms with E-state index in [-0.39, 0.29) is 47.2 Å². The number of halogens is 2. The third-order valence-corrected chi connectivity index (χ3v) is 12.2. The van der Waals surface area contributed by atoms with Gasteiger partial charge in [-0.2, -0.15) is 0 Å². The molecule has 0 radical (unpaired) electrons. The summed E-state index contributed by atoms with van der Waals surface area (Å²) in [7, 11) is 0. The Labute approximate surface area is 335 Å². The Bertz CT molecular complexity index is 1980. The van der Waals surface area contributed by atoms with Gasteiger partial charge in [-0.3, -0.25) is 9.59 Å². The molecular formula is C44H60F2N6O5. The predicted octanol–water partition coefficient (Wildman–Crippen LogP) is 7.46. The van der Waals surface area contributed by atoms with Crippen LogP contribution >= 0.6 is 0 Å². The number of ether oxygens (including phenoxy) is 3. The van der Waals surface area contributed by atoms with Gasteiger partial charge in [-0.05, 0) is 96.4 Å². The molecule has 57 heavy (non-hydrogen) atoms. The molecule has 310 valence electrons. The van der Waals surface area contributed by atoms with E-state index in [1.165, 1.54) is 12.1 Å². The third kappa shape index (κ3) is 9.92. The first-order valence-electron chi connectivity index (χ1n) is 21.0. The molecule has 4 aromatic rings. The summed E-state index contributed by atoms with van der Waals surface area (Å²) in [6.45, 7) is 18.7. The zero-order valence-electron chi connectivity index (χ0n) is 34.3. The first-order chi connectivity index (χ1) is 27.4. The summed E-state index contributed by atoms with van der Waals surface area (Å²) in [5.74, 6) is 0.357. The minimum Gasteiger partial charge on any atom is -0.487 e. The van der Waals surface area contributed by atoms with E-state index in [0.717, 1.165) is 83.3 Å². The number of morpholine rings is 1. The number of nitrogens with one attached hydrogen (secondary N) is 2. The molecule has 4 fully saturated rings. The molecule has 2 aromatic heterocycles. The Morgan fingerprint density at radius 3 is 1.42 bits per heavy atom. The third-order valence-electron chi connectivity index (χ3n) is 12.2. The average Bonchev–Trinajstić information content (AvgIpc) is 3.82. The summed E-state index contributed by atoms with van der Waals surface area (Å²) in [4.78, 5) is 40.3. The number of hydrogen-bond donors (Lipinski definition) is 2. The van der Waals surface area contributed by atoms with Gasteiger partial charge in [0.25, 0.3) is 11.8 Å². The number of fused-ring (bicyclic) bond motifs is 2. The van der Waals surface area contributed by atoms with E-state index in [9.17, 15) is 18.4 Å². The van der Waals surface area contributed by atoms with Gasteiger partial charge in [-0.25, -0.2) is 8.78 Å². The molecule has 8 rings (SSSR count). The van der Waals surface area contributed by atoms with Crippen LogP contribution in [0.4, 0.5) is 8.78 Å². The van der Waals surface area contributed by atoms with Crippen LogP contribution in [0.5, 0.6) is 11.5 Å². The van der Waals surface area contributed by atoms with Crippen molar-refractivity contribution in [1.82, 2.24) is 29.6 Å². The number of rotatable bonds is 8. The molecular weight excluding hydrogens is 731 g/mol. The minimum absolute atomic E-state index is 0.00275. The van der Waals surface area contributed by atoms with Crippen molar-refractivity contribution in [2.45, 2.75) is 97.4 Å². The van der Waals surface area contributed by atoms with Gasteiger partial charge in [0, 0.05) is 98.4 Å². The second-order valence-electron chi connectivity index (χ2n) is 16.9. The predicted molar refractivity (Wildman–Crippen MR) is 218 cm³/mol. The first kappa shape index (κ1) is 41.0. The van der Waals surface area contributed by atoms with E-state index in [0.29, 0.717) is 72.0 Å². The van der Waals surface area contributed by atoms with E-state index in [2.05, 4.69) is 54.4 Å². The second-order valence-corrected chi connectivity index (χ2v) is 16.9. The van der Waals surface area contributed by atoms with Crippen LogP contribution in [0.3, 0.4) is 0 Å². The van der Waals surface area contributed by atoms with Crippen molar-refractivity contribution in [3.05, 3.63) is 59.4 Å². The van der Waals surface area contributed by atoms with Gasteiger partial charge in [0.1, 0.15) is 23.6 Å². The number of aromatic amines is 2. The van der Waals surface area contributed by atoms with Crippen LogP contribution in [-0.4, -0.2) is 131 Å². The summed E-state index contributed by atoms with van der Waals surface area (Å²) in [6, 6.07) is 10.8. The molecule has 2 N–H and O–H groups in total. The fourth-order valence-corrected chi connectivity index (χ4v) is 8.38. The number of amides is 2. The van der Waals surface area contributed by atoms with Crippen molar-refractivity contribution >= 4 is 33.6 Å². The van der Waals surface area contributed by atoms with Crippen molar-refractivity contribution in [3.8, 4) is 11.5 Å². The monoisotopic (exact) mass is 790 g/mol. The molecule has 6 heterocycles. The molecule has 0 unspecified atom stereocenters. The highest BCUT2D eigenvalue weighted by Gasteiger charge is 2.27. The molecule has 4 aliphatic rings. The molecule has 0 spiro atoms. The van der Waals surface area contributed by atoms with Gasteiger partial charge in [-0.15, -0.1) is 0 Å². The van der Waals surface area contributed by atoms with E-state index < -0.39 is 0 Å². The number of likely N-dealkylation sites (tertiary alicyclic amines) is 3. The lowest BCUT2D eigenvalue weighted by Gasteiger charge is -2.34. The summed E-state index contributed by atoms with van der Waals surface area (Å²) < 4.78 is 46.5. The zero-order valence-corrected chi connectivity index (χ0v) is 34.3. The molecule has 11 nitrogen and oxygen atoms in total. The summed E-state index contributed by atoms with van der Waals surface area (Å²) in [6.07, 6.45) is 5.70. The van der Waals surface area contributed by atoms with E-state index >= 15 is 0 Å². The highest BCUT2D eigenvalue weighted by molar-refractivity contribution is 5.99. The molecule has 4 aliphatic heterocycles. The maximum Gasteiger partial charge on any atom is 0.270 e. The smallest absolute Gasteiger partial charge is 0.270 e. The van der Waals surface area contributed by atoms with Crippen molar-refractivity contribution in [2.24, 2.45) is 5.92 Å². The van der Waals surface area contributed by atoms with Gasteiger partial charge in [0.15, 0.2) is 23.1 Å². The van der Waals surface area contributed by atoms with Crippen molar-refractivity contribution in [3.63, 3.8) is 0 Å². The Morgan fingerprint density at radius 1 is 0.614 bits per heavy atom. The molecule has 0 aliphatic carbocycles. The number of aromatic nitrogens is 2. The number of piperidine rings is 3. The van der Waals surface area contributed by atoms with Crippen LogP contribution in [0.15, 0.2) is 36.4 Å². The minimum atomic E-state index is -0.386. The molecule has 0 saturated carbocycles. The van der Waals surface area contributed by atoms with Crippen molar-refractivity contribution in [2.75, 3.05) is 65.6 Å². The summed E-state index contributed by atoms with van der Waals surface area (Å²) >= 11 is 0. The van der Waals surface area contributed by atoms with Gasteiger partial charge in [0.2, 0.25) is 0 Å². The Morgan fingerprint density at radius 2 is 1.02 bits per heavy atom. The topological polar surface area (TPSA) is 106 Å². The number of benzene rings is 2. The van der Waals surface area contributed by atoms with Crippen LogP contribution in [0.1, 0.15) is 94.1 Å². The average molecular weight is 791 g/mol. The first-order valence-corrected chi connectivity index (χ1v) is 21.0. The van der Waals surface area contributed by atoms with Gasteiger partial charge in [-0.1, -0.05) is 6.92 Å². The highest BCUT2D eigenvalue weighted by atomic mass is 19.1. The Kier molecular flexibility index (Phi) is 13.1. The normalized spacial score (nSPS) is 19.7. The molecule has 2 aromatic carbocycles. The van der Waals surface area contributed by atoms with Gasteiger partial charge < -0.3 is 43.8 Å². The number of carbonyl (C=O) groups excluding carboxylic acids is 2. The van der Waals surface area contributed by atoms with Crippen LogP contribution in [0, 0.1) is 17.6 Å². The maximum atomic E-state index is 14.6. The van der Waals surface area contributed by atoms with Gasteiger partial charge in [0.05, 0.1) is 13.2 Å². The lowest BCUT2D eigenvalue weighted by Crippen LogP contribution is -2.41. The fourth-order valence-electron chi connectivity index (χ4n) is 8.38. The Hall–Kier alpha value is -4.20. The summed E-state index contributed by atoms with van der Waals surface area (Å²) in [5, 5.41) is 1.38. The van der Waals surface area contributed by atoms with Crippen LogP contribution < -0.4 is 9.47 Å². The number of H-pyrrole nitrogens is 2. The fraction of sp³-hybridized carbons (Fsp3) is 0.591. The number of hydrogen-bond acceptors (Lipinski definition) is 7. The quantitative estimate of drug-likeness (QED) is 0.191. The van der Waals surface area contributed by atoms with Crippen LogP contribution in [0.2, 0.25) is 0 Å².